The molecule has 0 saturated carbocycles. The maximum Gasteiger partial charge on any atom is 0.408 e. The Hall–Kier alpha value is -2.14. The van der Waals surface area contributed by atoms with Crippen LogP contribution < -0.4 is 10.2 Å². The van der Waals surface area contributed by atoms with Crippen LogP contribution in [0.25, 0.3) is 0 Å². The summed E-state index contributed by atoms with van der Waals surface area (Å²) in [6, 6.07) is 5.17. The van der Waals surface area contributed by atoms with Crippen molar-refractivity contribution in [3.8, 4) is 0 Å². The monoisotopic (exact) mass is 443 g/mol. The molecule has 2 fully saturated rings. The van der Waals surface area contributed by atoms with Crippen LogP contribution in [-0.2, 0) is 19.4 Å². The first-order chi connectivity index (χ1) is 13.4. The zero-order valence-corrected chi connectivity index (χ0v) is 17.8. The zero-order chi connectivity index (χ0) is 21.4. The van der Waals surface area contributed by atoms with Crippen molar-refractivity contribution in [2.45, 2.75) is 37.7 Å². The lowest BCUT2D eigenvalue weighted by Gasteiger charge is -2.24. The number of hydrogen-bond acceptors (Lipinski definition) is 6. The summed E-state index contributed by atoms with van der Waals surface area (Å²) >= 11 is 1.20. The molecular formula is C18H22FN3O5S2. The van der Waals surface area contributed by atoms with Crippen LogP contribution in [0.5, 0.6) is 0 Å². The molecule has 1 aromatic carbocycles. The van der Waals surface area contributed by atoms with Gasteiger partial charge in [0.1, 0.15) is 18.0 Å². The molecular weight excluding hydrogens is 421 g/mol. The second-order valence-corrected chi connectivity index (χ2v) is 11.2. The van der Waals surface area contributed by atoms with Crippen molar-refractivity contribution in [3.05, 3.63) is 30.1 Å². The molecule has 3 rings (SSSR count). The number of sulfone groups is 1. The Morgan fingerprint density at radius 3 is 2.55 bits per heavy atom. The van der Waals surface area contributed by atoms with Gasteiger partial charge in [0.25, 0.3) is 5.91 Å². The molecule has 0 radical (unpaired) electrons. The van der Waals surface area contributed by atoms with Gasteiger partial charge in [0.05, 0.1) is 17.5 Å². The number of amidine groups is 1. The van der Waals surface area contributed by atoms with Crippen molar-refractivity contribution in [3.63, 3.8) is 0 Å². The van der Waals surface area contributed by atoms with E-state index in [0.717, 1.165) is 0 Å². The van der Waals surface area contributed by atoms with E-state index in [0.29, 0.717) is 10.9 Å². The Morgan fingerprint density at radius 2 is 1.93 bits per heavy atom. The summed E-state index contributed by atoms with van der Waals surface area (Å²) in [5.41, 5.74) is -0.141. The highest BCUT2D eigenvalue weighted by molar-refractivity contribution is 8.16. The molecule has 0 bridgehead atoms. The zero-order valence-electron chi connectivity index (χ0n) is 16.2. The van der Waals surface area contributed by atoms with Crippen LogP contribution in [0.1, 0.15) is 20.8 Å². The summed E-state index contributed by atoms with van der Waals surface area (Å²) in [5.74, 6) is -1.10. The van der Waals surface area contributed by atoms with E-state index in [1.54, 1.807) is 25.7 Å². The average molecular weight is 444 g/mol. The van der Waals surface area contributed by atoms with Crippen LogP contribution in [0, 0.1) is 5.82 Å². The van der Waals surface area contributed by atoms with Gasteiger partial charge in [-0.3, -0.25) is 4.79 Å². The fourth-order valence-corrected chi connectivity index (χ4v) is 7.01. The predicted octanol–water partition coefficient (Wildman–Crippen LogP) is 1.95. The van der Waals surface area contributed by atoms with Crippen molar-refractivity contribution < 1.29 is 27.1 Å². The topological polar surface area (TPSA) is 105 Å². The van der Waals surface area contributed by atoms with Gasteiger partial charge in [-0.25, -0.2) is 17.6 Å². The molecule has 2 atom stereocenters. The standard InChI is InChI=1S/C18H22FN3O5S2/c1-18(2,3)27-17(24)20-8-15(23)21-16-22(12-6-4-11(19)5-7-12)13-9-29(25,26)10-14(13)28-16/h4-7,13-14H,8-10H2,1-3H3,(H,20,24)/t13-,14+/m1/s1. The number of benzene rings is 1. The van der Waals surface area contributed by atoms with E-state index in [2.05, 4.69) is 10.3 Å². The lowest BCUT2D eigenvalue weighted by atomic mass is 10.2. The van der Waals surface area contributed by atoms with Gasteiger partial charge in [-0.2, -0.15) is 4.99 Å². The molecule has 2 heterocycles. The van der Waals surface area contributed by atoms with E-state index in [1.165, 1.54) is 36.0 Å². The first-order valence-corrected chi connectivity index (χ1v) is 11.6. The maximum absolute atomic E-state index is 13.3. The third kappa shape index (κ3) is 5.47. The van der Waals surface area contributed by atoms with Gasteiger partial charge in [-0.05, 0) is 45.0 Å². The number of anilines is 1. The number of alkyl carbamates (subject to hydrolysis) is 1. The molecule has 1 N–H and O–H groups in total. The molecule has 158 valence electrons. The van der Waals surface area contributed by atoms with Crippen molar-refractivity contribution in [1.82, 2.24) is 5.32 Å². The first-order valence-electron chi connectivity index (χ1n) is 8.94. The number of halogens is 1. The molecule has 8 nitrogen and oxygen atoms in total. The lowest BCUT2D eigenvalue weighted by molar-refractivity contribution is -0.117. The van der Waals surface area contributed by atoms with Gasteiger partial charge in [-0.15, -0.1) is 0 Å². The van der Waals surface area contributed by atoms with Crippen LogP contribution in [-0.4, -0.2) is 60.5 Å². The van der Waals surface area contributed by atoms with Crippen LogP contribution in [0.15, 0.2) is 29.3 Å². The van der Waals surface area contributed by atoms with E-state index in [9.17, 15) is 22.4 Å². The van der Waals surface area contributed by atoms with Crippen LogP contribution in [0.4, 0.5) is 14.9 Å². The molecule has 0 spiro atoms. The second kappa shape index (κ2) is 7.94. The Balaban J connectivity index is 1.77. The van der Waals surface area contributed by atoms with Gasteiger partial charge >= 0.3 is 6.09 Å². The molecule has 29 heavy (non-hydrogen) atoms. The van der Waals surface area contributed by atoms with E-state index in [-0.39, 0.29) is 29.3 Å². The first kappa shape index (κ1) is 21.6. The van der Waals surface area contributed by atoms with Crippen molar-refractivity contribution in [2.75, 3.05) is 23.0 Å². The van der Waals surface area contributed by atoms with Crippen LogP contribution in [0.3, 0.4) is 0 Å². The number of ether oxygens (including phenoxy) is 1. The fourth-order valence-electron chi connectivity index (χ4n) is 3.08. The molecule has 2 aliphatic rings. The predicted molar refractivity (Wildman–Crippen MR) is 109 cm³/mol. The Labute approximate surface area is 172 Å². The molecule has 2 saturated heterocycles. The summed E-state index contributed by atoms with van der Waals surface area (Å²) < 4.78 is 42.4. The average Bonchev–Trinajstić information content (AvgIpc) is 3.03. The van der Waals surface area contributed by atoms with Crippen molar-refractivity contribution in [1.29, 1.82) is 0 Å². The van der Waals surface area contributed by atoms with Gasteiger partial charge in [0.2, 0.25) is 0 Å². The van der Waals surface area contributed by atoms with Gasteiger partial charge < -0.3 is 15.0 Å². The highest BCUT2D eigenvalue weighted by Gasteiger charge is 2.49. The highest BCUT2D eigenvalue weighted by atomic mass is 32.2. The minimum absolute atomic E-state index is 0.0105. The van der Waals surface area contributed by atoms with Crippen LogP contribution in [0.2, 0.25) is 0 Å². The Bertz CT molecular complexity index is 941. The minimum atomic E-state index is -3.20. The van der Waals surface area contributed by atoms with Gasteiger partial charge in [0, 0.05) is 10.9 Å². The number of rotatable bonds is 3. The third-order valence-corrected chi connectivity index (χ3v) is 7.38. The van der Waals surface area contributed by atoms with Crippen molar-refractivity contribution >= 4 is 44.5 Å². The molecule has 1 aromatic rings. The lowest BCUT2D eigenvalue weighted by Crippen LogP contribution is -2.38. The number of nitrogens with zero attached hydrogens (tertiary/aromatic N) is 2. The minimum Gasteiger partial charge on any atom is -0.444 e. The molecule has 2 amide bonds. The summed E-state index contributed by atoms with van der Waals surface area (Å²) in [4.78, 5) is 29.7. The second-order valence-electron chi connectivity index (χ2n) is 7.79. The SMILES string of the molecule is CC(C)(C)OC(=O)NCC(=O)N=C1S[C@H]2CS(=O)(=O)C[C@H]2N1c1ccc(F)cc1. The van der Waals surface area contributed by atoms with Gasteiger partial charge in [0.15, 0.2) is 15.0 Å². The molecule has 11 heteroatoms. The number of fused-ring (bicyclic) bond motifs is 1. The number of aliphatic imine (C=N–C) groups is 1. The molecule has 2 aliphatic heterocycles. The smallest absolute Gasteiger partial charge is 0.408 e. The Morgan fingerprint density at radius 1 is 1.28 bits per heavy atom. The number of nitrogens with one attached hydrogen (secondary N) is 1. The van der Waals surface area contributed by atoms with Crippen LogP contribution >= 0.6 is 11.8 Å². The summed E-state index contributed by atoms with van der Waals surface area (Å²) in [5, 5.41) is 2.41. The molecule has 0 unspecified atom stereocenters. The van der Waals surface area contributed by atoms with E-state index in [1.807, 2.05) is 0 Å². The highest BCUT2D eigenvalue weighted by Crippen LogP contribution is 2.40. The normalized spacial score (nSPS) is 24.4. The summed E-state index contributed by atoms with van der Waals surface area (Å²) in [6.07, 6.45) is -0.733. The largest absolute Gasteiger partial charge is 0.444 e. The van der Waals surface area contributed by atoms with Crippen molar-refractivity contribution in [2.24, 2.45) is 4.99 Å². The number of carbonyl (C=O) groups is 2. The number of hydrogen-bond donors (Lipinski definition) is 1. The Kier molecular flexibility index (Phi) is 5.91. The molecule has 0 aromatic heterocycles. The number of carbonyl (C=O) groups excluding carboxylic acids is 2. The summed E-state index contributed by atoms with van der Waals surface area (Å²) in [6.45, 7) is 4.76. The maximum atomic E-state index is 13.3. The third-order valence-electron chi connectivity index (χ3n) is 4.17. The molecule has 0 aliphatic carbocycles. The summed E-state index contributed by atoms with van der Waals surface area (Å²) in [7, 11) is -3.20. The quantitative estimate of drug-likeness (QED) is 0.761. The number of amides is 2. The fraction of sp³-hybridized carbons (Fsp3) is 0.500. The van der Waals surface area contributed by atoms with Gasteiger partial charge in [-0.1, -0.05) is 11.8 Å². The van der Waals surface area contributed by atoms with E-state index < -0.39 is 33.3 Å². The number of thioether (sulfide) groups is 1. The van der Waals surface area contributed by atoms with E-state index >= 15 is 0 Å². The van der Waals surface area contributed by atoms with E-state index in [4.69, 9.17) is 4.74 Å².